The second-order valence-corrected chi connectivity index (χ2v) is 4.08. The Morgan fingerprint density at radius 1 is 1.38 bits per heavy atom. The zero-order valence-electron chi connectivity index (χ0n) is 8.34. The quantitative estimate of drug-likeness (QED) is 0.690. The molecule has 2 heterocycles. The summed E-state index contributed by atoms with van der Waals surface area (Å²) >= 11 is 0. The maximum atomic E-state index is 5.72. The number of hydrogen-bond donors (Lipinski definition) is 1. The first-order valence-corrected chi connectivity index (χ1v) is 5.21. The van der Waals surface area contributed by atoms with Crippen LogP contribution in [0.15, 0.2) is 0 Å². The summed E-state index contributed by atoms with van der Waals surface area (Å²) in [7, 11) is 1.85. The van der Waals surface area contributed by atoms with E-state index in [0.717, 1.165) is 45.6 Å². The second-order valence-electron chi connectivity index (χ2n) is 4.08. The maximum absolute atomic E-state index is 5.72. The van der Waals surface area contributed by atoms with E-state index in [-0.39, 0.29) is 5.60 Å². The Kier molecular flexibility index (Phi) is 2.86. The number of methoxy groups -OCH3 is 1. The smallest absolute Gasteiger partial charge is 0.0844 e. The molecule has 0 radical (unpaired) electrons. The van der Waals surface area contributed by atoms with Gasteiger partial charge in [-0.25, -0.2) is 0 Å². The lowest BCUT2D eigenvalue weighted by atomic mass is 9.81. The summed E-state index contributed by atoms with van der Waals surface area (Å²) in [6.07, 6.45) is 3.49. The zero-order valence-corrected chi connectivity index (χ0v) is 8.34. The standard InChI is InChI=1S/C10H19NO2/c1-12-10(4-5-11-8-10)9-2-6-13-7-3-9/h9,11H,2-8H2,1H3. The normalized spacial score (nSPS) is 36.7. The average Bonchev–Trinajstić information content (AvgIpc) is 2.69. The van der Waals surface area contributed by atoms with Gasteiger partial charge in [0, 0.05) is 26.9 Å². The second kappa shape index (κ2) is 3.95. The first-order chi connectivity index (χ1) is 6.37. The van der Waals surface area contributed by atoms with Crippen molar-refractivity contribution in [3.05, 3.63) is 0 Å². The lowest BCUT2D eigenvalue weighted by Gasteiger charge is -2.38. The van der Waals surface area contributed by atoms with Crippen molar-refractivity contribution in [3.63, 3.8) is 0 Å². The molecule has 0 amide bonds. The third kappa shape index (κ3) is 1.73. The van der Waals surface area contributed by atoms with Gasteiger partial charge in [-0.3, -0.25) is 0 Å². The molecule has 1 N–H and O–H groups in total. The highest BCUT2D eigenvalue weighted by atomic mass is 16.5. The molecule has 3 nitrogen and oxygen atoms in total. The van der Waals surface area contributed by atoms with Gasteiger partial charge in [-0.05, 0) is 31.7 Å². The van der Waals surface area contributed by atoms with Crippen molar-refractivity contribution < 1.29 is 9.47 Å². The summed E-state index contributed by atoms with van der Waals surface area (Å²) in [4.78, 5) is 0. The Hall–Kier alpha value is -0.120. The predicted molar refractivity (Wildman–Crippen MR) is 50.8 cm³/mol. The van der Waals surface area contributed by atoms with E-state index in [1.807, 2.05) is 7.11 Å². The third-order valence-corrected chi connectivity index (χ3v) is 3.52. The number of rotatable bonds is 2. The number of hydrogen-bond acceptors (Lipinski definition) is 3. The molecule has 2 aliphatic rings. The van der Waals surface area contributed by atoms with Crippen LogP contribution < -0.4 is 5.32 Å². The minimum absolute atomic E-state index is 0.115. The monoisotopic (exact) mass is 185 g/mol. The van der Waals surface area contributed by atoms with Crippen molar-refractivity contribution in [3.8, 4) is 0 Å². The Labute approximate surface area is 79.8 Å². The lowest BCUT2D eigenvalue weighted by Crippen LogP contribution is -2.44. The Morgan fingerprint density at radius 2 is 2.15 bits per heavy atom. The summed E-state index contributed by atoms with van der Waals surface area (Å²) in [5.74, 6) is 0.696. The first-order valence-electron chi connectivity index (χ1n) is 5.21. The van der Waals surface area contributed by atoms with Gasteiger partial charge in [0.05, 0.1) is 5.60 Å². The van der Waals surface area contributed by atoms with Crippen LogP contribution in [0.1, 0.15) is 19.3 Å². The molecule has 0 aliphatic carbocycles. The van der Waals surface area contributed by atoms with Crippen molar-refractivity contribution in [2.75, 3.05) is 33.4 Å². The lowest BCUT2D eigenvalue weighted by molar-refractivity contribution is -0.0790. The third-order valence-electron chi connectivity index (χ3n) is 3.52. The van der Waals surface area contributed by atoms with E-state index < -0.39 is 0 Å². The van der Waals surface area contributed by atoms with Gasteiger partial charge in [-0.1, -0.05) is 0 Å². The molecular weight excluding hydrogens is 166 g/mol. The van der Waals surface area contributed by atoms with E-state index in [1.54, 1.807) is 0 Å². The molecular formula is C10H19NO2. The van der Waals surface area contributed by atoms with E-state index in [9.17, 15) is 0 Å². The van der Waals surface area contributed by atoms with Crippen LogP contribution in [-0.2, 0) is 9.47 Å². The fourth-order valence-corrected chi connectivity index (χ4v) is 2.60. The van der Waals surface area contributed by atoms with Gasteiger partial charge in [-0.15, -0.1) is 0 Å². The highest BCUT2D eigenvalue weighted by Gasteiger charge is 2.41. The number of ether oxygens (including phenoxy) is 2. The van der Waals surface area contributed by atoms with Crippen LogP contribution in [0.5, 0.6) is 0 Å². The molecule has 2 aliphatic heterocycles. The van der Waals surface area contributed by atoms with E-state index in [1.165, 1.54) is 0 Å². The van der Waals surface area contributed by atoms with E-state index in [2.05, 4.69) is 5.32 Å². The topological polar surface area (TPSA) is 30.5 Å². The molecule has 2 saturated heterocycles. The fraction of sp³-hybridized carbons (Fsp3) is 1.00. The van der Waals surface area contributed by atoms with Gasteiger partial charge >= 0.3 is 0 Å². The minimum atomic E-state index is 0.115. The molecule has 0 spiro atoms. The maximum Gasteiger partial charge on any atom is 0.0844 e. The van der Waals surface area contributed by atoms with Gasteiger partial charge in [0.25, 0.3) is 0 Å². The molecule has 1 atom stereocenters. The van der Waals surface area contributed by atoms with Crippen LogP contribution in [0.2, 0.25) is 0 Å². The average molecular weight is 185 g/mol. The van der Waals surface area contributed by atoms with Crippen LogP contribution in [0.25, 0.3) is 0 Å². The summed E-state index contributed by atoms with van der Waals surface area (Å²) in [5, 5.41) is 3.40. The highest BCUT2D eigenvalue weighted by Crippen LogP contribution is 2.34. The zero-order chi connectivity index (χ0) is 9.15. The Morgan fingerprint density at radius 3 is 2.69 bits per heavy atom. The molecule has 0 aromatic heterocycles. The molecule has 0 saturated carbocycles. The van der Waals surface area contributed by atoms with Crippen molar-refractivity contribution >= 4 is 0 Å². The molecule has 0 aromatic rings. The van der Waals surface area contributed by atoms with Crippen molar-refractivity contribution in [2.45, 2.75) is 24.9 Å². The van der Waals surface area contributed by atoms with E-state index in [0.29, 0.717) is 5.92 Å². The van der Waals surface area contributed by atoms with Crippen molar-refractivity contribution in [1.29, 1.82) is 0 Å². The van der Waals surface area contributed by atoms with Gasteiger partial charge in [0.15, 0.2) is 0 Å². The van der Waals surface area contributed by atoms with Gasteiger partial charge in [0.2, 0.25) is 0 Å². The van der Waals surface area contributed by atoms with Crippen LogP contribution >= 0.6 is 0 Å². The molecule has 13 heavy (non-hydrogen) atoms. The van der Waals surface area contributed by atoms with Crippen molar-refractivity contribution in [2.24, 2.45) is 5.92 Å². The molecule has 2 fully saturated rings. The van der Waals surface area contributed by atoms with Crippen LogP contribution in [-0.4, -0.2) is 39.0 Å². The van der Waals surface area contributed by atoms with Crippen LogP contribution in [0.3, 0.4) is 0 Å². The number of nitrogens with one attached hydrogen (secondary N) is 1. The summed E-state index contributed by atoms with van der Waals surface area (Å²) in [5.41, 5.74) is 0.115. The SMILES string of the molecule is COC1(C2CCOCC2)CCNC1. The first kappa shape index (κ1) is 9.44. The molecule has 2 rings (SSSR count). The summed E-state index contributed by atoms with van der Waals surface area (Å²) in [6.45, 7) is 3.95. The molecule has 0 bridgehead atoms. The van der Waals surface area contributed by atoms with Gasteiger partial charge in [0.1, 0.15) is 0 Å². The largest absolute Gasteiger partial charge is 0.381 e. The van der Waals surface area contributed by atoms with Gasteiger partial charge in [-0.2, -0.15) is 0 Å². The van der Waals surface area contributed by atoms with Crippen LogP contribution in [0, 0.1) is 5.92 Å². The highest BCUT2D eigenvalue weighted by molar-refractivity contribution is 4.95. The molecule has 0 aromatic carbocycles. The molecule has 3 heteroatoms. The Balaban J connectivity index is 2.01. The van der Waals surface area contributed by atoms with Crippen LogP contribution in [0.4, 0.5) is 0 Å². The molecule has 76 valence electrons. The molecule has 1 unspecified atom stereocenters. The van der Waals surface area contributed by atoms with Gasteiger partial charge < -0.3 is 14.8 Å². The van der Waals surface area contributed by atoms with E-state index >= 15 is 0 Å². The Bertz CT molecular complexity index is 160. The summed E-state index contributed by atoms with van der Waals surface area (Å²) < 4.78 is 11.1. The minimum Gasteiger partial charge on any atom is -0.381 e. The predicted octanol–water partition coefficient (Wildman–Crippen LogP) is 0.791. The van der Waals surface area contributed by atoms with E-state index in [4.69, 9.17) is 9.47 Å². The summed E-state index contributed by atoms with van der Waals surface area (Å²) in [6, 6.07) is 0. The van der Waals surface area contributed by atoms with Crippen molar-refractivity contribution in [1.82, 2.24) is 5.32 Å². The fourth-order valence-electron chi connectivity index (χ4n) is 2.60.